The molecule has 2 aliphatic rings. The first kappa shape index (κ1) is 19.2. The molecule has 0 unspecified atom stereocenters. The number of hydrogen-bond acceptors (Lipinski definition) is 5. The van der Waals surface area contributed by atoms with Crippen molar-refractivity contribution < 1.29 is 4.74 Å². The molecule has 0 atom stereocenters. The average molecular weight is 412 g/mol. The summed E-state index contributed by atoms with van der Waals surface area (Å²) in [7, 11) is 1.95. The van der Waals surface area contributed by atoms with Gasteiger partial charge in [0.25, 0.3) is 0 Å². The molecule has 1 aliphatic heterocycles. The normalized spacial score (nSPS) is 24.1. The van der Waals surface area contributed by atoms with Crippen molar-refractivity contribution in [3.63, 3.8) is 0 Å². The molecule has 0 bridgehead atoms. The third-order valence-corrected chi connectivity index (χ3v) is 6.91. The van der Waals surface area contributed by atoms with Gasteiger partial charge in [-0.3, -0.25) is 13.6 Å². The van der Waals surface area contributed by atoms with Crippen LogP contribution in [0.15, 0.2) is 30.9 Å². The molecule has 6 nitrogen and oxygen atoms in total. The largest absolute Gasteiger partial charge is 0.380 e. The van der Waals surface area contributed by atoms with Crippen LogP contribution in [0.4, 0.5) is 0 Å². The molecule has 0 spiro atoms. The Hall–Kier alpha value is -1.83. The van der Waals surface area contributed by atoms with Gasteiger partial charge in [-0.1, -0.05) is 12.8 Å². The number of thiol groups is 1. The van der Waals surface area contributed by atoms with E-state index in [-0.39, 0.29) is 0 Å². The molecule has 3 aromatic heterocycles. The summed E-state index contributed by atoms with van der Waals surface area (Å²) in [6, 6.07) is 3.05. The molecule has 1 aliphatic carbocycles. The molecule has 154 valence electrons. The SMILES string of the molecule is Cn1cc(-c2cn(S)c3ncc(C4CCC(N5CCCOCC5)CC4)cc23)cn1. The minimum atomic E-state index is 0.594. The minimum Gasteiger partial charge on any atom is -0.380 e. The molecule has 0 aromatic carbocycles. The Morgan fingerprint density at radius 1 is 1.07 bits per heavy atom. The highest BCUT2D eigenvalue weighted by atomic mass is 32.1. The second-order valence-electron chi connectivity index (χ2n) is 8.44. The minimum absolute atomic E-state index is 0.594. The highest BCUT2D eigenvalue weighted by molar-refractivity contribution is 7.78. The van der Waals surface area contributed by atoms with Crippen LogP contribution < -0.4 is 0 Å². The third-order valence-electron chi connectivity index (χ3n) is 6.60. The number of fused-ring (bicyclic) bond motifs is 1. The first-order valence-electron chi connectivity index (χ1n) is 10.7. The van der Waals surface area contributed by atoms with E-state index in [2.05, 4.69) is 35.1 Å². The van der Waals surface area contributed by atoms with Gasteiger partial charge in [0, 0.05) is 67.9 Å². The predicted octanol–water partition coefficient (Wildman–Crippen LogP) is 3.88. The summed E-state index contributed by atoms with van der Waals surface area (Å²) in [5.41, 5.74) is 4.53. The van der Waals surface area contributed by atoms with Crippen LogP contribution in [0.1, 0.15) is 43.6 Å². The summed E-state index contributed by atoms with van der Waals surface area (Å²) >= 11 is 4.58. The Labute approximate surface area is 177 Å². The van der Waals surface area contributed by atoms with Crippen molar-refractivity contribution in [3.05, 3.63) is 36.4 Å². The number of hydrogen-bond donors (Lipinski definition) is 1. The molecule has 2 fully saturated rings. The standard InChI is InChI=1S/C22H29N5OS/c1-25-14-18(13-24-25)21-15-27(29)22-20(21)11-17(12-23-22)16-3-5-19(6-4-16)26-7-2-9-28-10-8-26/h11-16,19,29H,2-10H2,1H3. The summed E-state index contributed by atoms with van der Waals surface area (Å²) in [5, 5.41) is 5.49. The lowest BCUT2D eigenvalue weighted by molar-refractivity contribution is 0.118. The zero-order valence-electron chi connectivity index (χ0n) is 17.0. The van der Waals surface area contributed by atoms with E-state index in [0.717, 1.165) is 41.9 Å². The van der Waals surface area contributed by atoms with Crippen LogP contribution in [0.5, 0.6) is 0 Å². The first-order valence-corrected chi connectivity index (χ1v) is 11.1. The molecule has 1 saturated heterocycles. The van der Waals surface area contributed by atoms with E-state index in [1.54, 1.807) is 0 Å². The maximum absolute atomic E-state index is 5.63. The van der Waals surface area contributed by atoms with E-state index in [0.29, 0.717) is 12.0 Å². The lowest BCUT2D eigenvalue weighted by Crippen LogP contribution is -2.39. The second-order valence-corrected chi connectivity index (χ2v) is 8.87. The number of aryl methyl sites for hydroxylation is 1. The molecule has 4 heterocycles. The number of ether oxygens (including phenoxy) is 1. The summed E-state index contributed by atoms with van der Waals surface area (Å²) in [5.74, 6) is 0.594. The molecule has 0 radical (unpaired) electrons. The van der Waals surface area contributed by atoms with Gasteiger partial charge in [-0.15, -0.1) is 0 Å². The quantitative estimate of drug-likeness (QED) is 0.665. The average Bonchev–Trinajstić information content (AvgIpc) is 3.19. The molecule has 7 heteroatoms. The van der Waals surface area contributed by atoms with Crippen LogP contribution in [0.3, 0.4) is 0 Å². The van der Waals surface area contributed by atoms with Crippen LogP contribution in [0, 0.1) is 0 Å². The van der Waals surface area contributed by atoms with Crippen molar-refractivity contribution in [2.45, 2.75) is 44.1 Å². The predicted molar refractivity (Wildman–Crippen MR) is 118 cm³/mol. The molecule has 5 rings (SSSR count). The van der Waals surface area contributed by atoms with Crippen LogP contribution >= 0.6 is 12.8 Å². The van der Waals surface area contributed by atoms with E-state index in [9.17, 15) is 0 Å². The Balaban J connectivity index is 1.36. The maximum Gasteiger partial charge on any atom is 0.150 e. The van der Waals surface area contributed by atoms with Crippen molar-refractivity contribution >= 4 is 23.8 Å². The van der Waals surface area contributed by atoms with Crippen molar-refractivity contribution in [2.24, 2.45) is 7.05 Å². The number of aromatic nitrogens is 4. The Morgan fingerprint density at radius 2 is 1.93 bits per heavy atom. The van der Waals surface area contributed by atoms with Crippen molar-refractivity contribution in [1.82, 2.24) is 23.6 Å². The van der Waals surface area contributed by atoms with Gasteiger partial charge in [0.2, 0.25) is 0 Å². The van der Waals surface area contributed by atoms with Crippen LogP contribution in [-0.4, -0.2) is 56.0 Å². The van der Waals surface area contributed by atoms with Crippen molar-refractivity contribution in [2.75, 3.05) is 26.3 Å². The smallest absolute Gasteiger partial charge is 0.150 e. The summed E-state index contributed by atoms with van der Waals surface area (Å²) in [6.45, 7) is 4.08. The van der Waals surface area contributed by atoms with Gasteiger partial charge in [-0.25, -0.2) is 4.98 Å². The molecule has 0 N–H and O–H groups in total. The fraction of sp³-hybridized carbons (Fsp3) is 0.545. The van der Waals surface area contributed by atoms with Crippen molar-refractivity contribution in [1.29, 1.82) is 0 Å². The molecular formula is C22H29N5OS. The van der Waals surface area contributed by atoms with Gasteiger partial charge < -0.3 is 4.74 Å². The fourth-order valence-electron chi connectivity index (χ4n) is 5.03. The van der Waals surface area contributed by atoms with Crippen LogP contribution in [0.25, 0.3) is 22.2 Å². The van der Waals surface area contributed by atoms with Gasteiger partial charge in [0.05, 0.1) is 12.8 Å². The Bertz CT molecular complexity index is 980. The van der Waals surface area contributed by atoms with Gasteiger partial charge in [0.1, 0.15) is 5.65 Å². The van der Waals surface area contributed by atoms with E-state index < -0.39 is 0 Å². The number of rotatable bonds is 3. The van der Waals surface area contributed by atoms with Crippen molar-refractivity contribution in [3.8, 4) is 11.1 Å². The zero-order chi connectivity index (χ0) is 19.8. The molecule has 3 aromatic rings. The summed E-state index contributed by atoms with van der Waals surface area (Å²) < 4.78 is 9.29. The fourth-order valence-corrected chi connectivity index (χ4v) is 5.30. The zero-order valence-corrected chi connectivity index (χ0v) is 17.9. The van der Waals surface area contributed by atoms with Gasteiger partial charge in [0.15, 0.2) is 0 Å². The van der Waals surface area contributed by atoms with Gasteiger partial charge in [-0.05, 0) is 49.7 Å². The number of pyridine rings is 1. The lowest BCUT2D eigenvalue weighted by Gasteiger charge is -2.36. The molecule has 1 saturated carbocycles. The molecular weight excluding hydrogens is 382 g/mol. The third kappa shape index (κ3) is 3.83. The highest BCUT2D eigenvalue weighted by Crippen LogP contribution is 2.38. The monoisotopic (exact) mass is 411 g/mol. The second kappa shape index (κ2) is 8.13. The lowest BCUT2D eigenvalue weighted by atomic mass is 9.81. The Kier molecular flexibility index (Phi) is 5.37. The van der Waals surface area contributed by atoms with E-state index in [1.165, 1.54) is 44.2 Å². The van der Waals surface area contributed by atoms with Gasteiger partial charge in [-0.2, -0.15) is 5.10 Å². The molecule has 0 amide bonds. The van der Waals surface area contributed by atoms with Gasteiger partial charge >= 0.3 is 0 Å². The number of nitrogens with zero attached hydrogens (tertiary/aromatic N) is 5. The topological polar surface area (TPSA) is 48.1 Å². The van der Waals surface area contributed by atoms with Crippen LogP contribution in [-0.2, 0) is 11.8 Å². The van der Waals surface area contributed by atoms with Crippen LogP contribution in [0.2, 0.25) is 0 Å². The summed E-state index contributed by atoms with van der Waals surface area (Å²) in [4.78, 5) is 7.42. The van der Waals surface area contributed by atoms with E-state index in [4.69, 9.17) is 9.72 Å². The first-order chi connectivity index (χ1) is 14.2. The highest BCUT2D eigenvalue weighted by Gasteiger charge is 2.27. The van der Waals surface area contributed by atoms with E-state index in [1.807, 2.05) is 34.3 Å². The summed E-state index contributed by atoms with van der Waals surface area (Å²) in [6.07, 6.45) is 14.2. The Morgan fingerprint density at radius 3 is 2.72 bits per heavy atom. The van der Waals surface area contributed by atoms with E-state index >= 15 is 0 Å². The molecule has 29 heavy (non-hydrogen) atoms. The maximum atomic E-state index is 5.63.